The molecule has 5 nitrogen and oxygen atoms in total. The molecule has 1 aromatic heterocycles. The maximum absolute atomic E-state index is 13.3. The first kappa shape index (κ1) is 22.0. The number of amides is 2. The molecule has 30 heavy (non-hydrogen) atoms. The lowest BCUT2D eigenvalue weighted by molar-refractivity contribution is -0.147. The lowest BCUT2D eigenvalue weighted by atomic mass is 9.73. The Morgan fingerprint density at radius 3 is 2.60 bits per heavy atom. The van der Waals surface area contributed by atoms with Crippen LogP contribution in [0.25, 0.3) is 11.1 Å². The molecular weight excluding hydrogens is 374 g/mol. The molecule has 2 heterocycles. The quantitative estimate of drug-likeness (QED) is 0.726. The number of piperidine rings is 1. The number of likely N-dealkylation sites (tertiary alicyclic amines) is 1. The molecular formula is C25H33N3O2. The molecule has 1 saturated heterocycles. The first-order valence-corrected chi connectivity index (χ1v) is 10.8. The third-order valence-electron chi connectivity index (χ3n) is 5.84. The van der Waals surface area contributed by atoms with Crippen LogP contribution in [-0.2, 0) is 16.0 Å². The van der Waals surface area contributed by atoms with Crippen molar-refractivity contribution in [1.82, 2.24) is 14.8 Å². The summed E-state index contributed by atoms with van der Waals surface area (Å²) in [5.74, 6) is 0.579. The molecule has 0 N–H and O–H groups in total. The summed E-state index contributed by atoms with van der Waals surface area (Å²) in [6.45, 7) is 5.35. The Hall–Kier alpha value is -2.69. The van der Waals surface area contributed by atoms with E-state index in [4.69, 9.17) is 0 Å². The lowest BCUT2D eigenvalue weighted by Gasteiger charge is -2.43. The molecule has 2 amide bonds. The summed E-state index contributed by atoms with van der Waals surface area (Å²) in [5.41, 5.74) is 2.69. The van der Waals surface area contributed by atoms with E-state index in [2.05, 4.69) is 37.0 Å². The van der Waals surface area contributed by atoms with E-state index in [0.29, 0.717) is 25.3 Å². The Morgan fingerprint density at radius 1 is 1.17 bits per heavy atom. The van der Waals surface area contributed by atoms with Gasteiger partial charge in [-0.05, 0) is 47.9 Å². The van der Waals surface area contributed by atoms with Gasteiger partial charge in [-0.2, -0.15) is 0 Å². The van der Waals surface area contributed by atoms with E-state index in [-0.39, 0.29) is 11.8 Å². The fourth-order valence-corrected chi connectivity index (χ4v) is 4.48. The highest BCUT2D eigenvalue weighted by Gasteiger charge is 2.44. The molecule has 3 rings (SSSR count). The number of rotatable bonds is 6. The van der Waals surface area contributed by atoms with Crippen LogP contribution in [0.4, 0.5) is 0 Å². The van der Waals surface area contributed by atoms with Crippen molar-refractivity contribution in [3.05, 3.63) is 54.4 Å². The van der Waals surface area contributed by atoms with Gasteiger partial charge in [-0.3, -0.25) is 14.6 Å². The van der Waals surface area contributed by atoms with Crippen molar-refractivity contribution in [2.45, 2.75) is 39.5 Å². The second-order valence-electron chi connectivity index (χ2n) is 9.12. The summed E-state index contributed by atoms with van der Waals surface area (Å²) in [6, 6.07) is 12.3. The highest BCUT2D eigenvalue weighted by atomic mass is 16.2. The van der Waals surface area contributed by atoms with Crippen LogP contribution in [0.1, 0.15) is 38.7 Å². The standard InChI is InChI=1S/C25H33N3O2/c1-19(2)14-23(29)28-13-7-11-25(18-28,24(30)27(3)4)16-20-8-5-9-21(15-20)22-10-6-12-26-17-22/h5-6,8-10,12,15,17,19H,7,11,13-14,16,18H2,1-4H3/t25-/m0/s1. The van der Waals surface area contributed by atoms with Gasteiger partial charge in [0.25, 0.3) is 0 Å². The van der Waals surface area contributed by atoms with Crippen LogP contribution in [0.15, 0.2) is 48.8 Å². The summed E-state index contributed by atoms with van der Waals surface area (Å²) < 4.78 is 0. The maximum atomic E-state index is 13.3. The van der Waals surface area contributed by atoms with E-state index >= 15 is 0 Å². The average molecular weight is 408 g/mol. The van der Waals surface area contributed by atoms with Gasteiger partial charge in [0.05, 0.1) is 5.41 Å². The summed E-state index contributed by atoms with van der Waals surface area (Å²) >= 11 is 0. The predicted octanol–water partition coefficient (Wildman–Crippen LogP) is 4.03. The summed E-state index contributed by atoms with van der Waals surface area (Å²) in [7, 11) is 3.62. The van der Waals surface area contributed by atoms with Crippen LogP contribution >= 0.6 is 0 Å². The highest BCUT2D eigenvalue weighted by molar-refractivity contribution is 5.85. The largest absolute Gasteiger partial charge is 0.348 e. The summed E-state index contributed by atoms with van der Waals surface area (Å²) in [6.07, 6.45) is 6.43. The molecule has 0 saturated carbocycles. The molecule has 0 radical (unpaired) electrons. The number of carbonyl (C=O) groups excluding carboxylic acids is 2. The van der Waals surface area contributed by atoms with Crippen molar-refractivity contribution in [2.75, 3.05) is 27.2 Å². The van der Waals surface area contributed by atoms with Crippen LogP contribution in [0.3, 0.4) is 0 Å². The molecule has 1 aromatic carbocycles. The minimum absolute atomic E-state index is 0.108. The maximum Gasteiger partial charge on any atom is 0.230 e. The average Bonchev–Trinajstić information content (AvgIpc) is 2.73. The van der Waals surface area contributed by atoms with Crippen molar-refractivity contribution in [3.8, 4) is 11.1 Å². The predicted molar refractivity (Wildman–Crippen MR) is 120 cm³/mol. The zero-order valence-corrected chi connectivity index (χ0v) is 18.6. The molecule has 1 fully saturated rings. The van der Waals surface area contributed by atoms with Crippen LogP contribution in [0, 0.1) is 11.3 Å². The SMILES string of the molecule is CC(C)CC(=O)N1CCC[C@@](Cc2cccc(-c3cccnc3)c2)(C(=O)N(C)C)C1. The molecule has 160 valence electrons. The smallest absolute Gasteiger partial charge is 0.230 e. The molecule has 0 aliphatic carbocycles. The molecule has 0 spiro atoms. The zero-order valence-electron chi connectivity index (χ0n) is 18.6. The van der Waals surface area contributed by atoms with E-state index < -0.39 is 5.41 Å². The van der Waals surface area contributed by atoms with Crippen molar-refractivity contribution < 1.29 is 9.59 Å². The van der Waals surface area contributed by atoms with Crippen LogP contribution in [0.5, 0.6) is 0 Å². The number of hydrogen-bond donors (Lipinski definition) is 0. The Balaban J connectivity index is 1.89. The van der Waals surface area contributed by atoms with Crippen LogP contribution < -0.4 is 0 Å². The third kappa shape index (κ3) is 5.07. The molecule has 1 aliphatic heterocycles. The summed E-state index contributed by atoms with van der Waals surface area (Å²) in [5, 5.41) is 0. The minimum atomic E-state index is -0.581. The number of pyridine rings is 1. The van der Waals surface area contributed by atoms with Crippen molar-refractivity contribution in [1.29, 1.82) is 0 Å². The summed E-state index contributed by atoms with van der Waals surface area (Å²) in [4.78, 5) is 33.9. The highest BCUT2D eigenvalue weighted by Crippen LogP contribution is 2.36. The first-order valence-electron chi connectivity index (χ1n) is 10.8. The number of hydrogen-bond acceptors (Lipinski definition) is 3. The van der Waals surface area contributed by atoms with E-state index in [0.717, 1.165) is 36.1 Å². The Morgan fingerprint density at radius 2 is 1.93 bits per heavy atom. The van der Waals surface area contributed by atoms with Crippen LogP contribution in [0.2, 0.25) is 0 Å². The van der Waals surface area contributed by atoms with Gasteiger partial charge in [0, 0.05) is 46.0 Å². The minimum Gasteiger partial charge on any atom is -0.348 e. The second kappa shape index (κ2) is 9.41. The number of carbonyl (C=O) groups is 2. The van der Waals surface area contributed by atoms with E-state index in [9.17, 15) is 9.59 Å². The molecule has 1 atom stereocenters. The van der Waals surface area contributed by atoms with Gasteiger partial charge in [-0.25, -0.2) is 0 Å². The van der Waals surface area contributed by atoms with E-state index in [1.54, 1.807) is 11.1 Å². The van der Waals surface area contributed by atoms with Crippen molar-refractivity contribution in [2.24, 2.45) is 11.3 Å². The van der Waals surface area contributed by atoms with Crippen LogP contribution in [-0.4, -0.2) is 53.8 Å². The topological polar surface area (TPSA) is 53.5 Å². The van der Waals surface area contributed by atoms with Crippen molar-refractivity contribution in [3.63, 3.8) is 0 Å². The van der Waals surface area contributed by atoms with Crippen molar-refractivity contribution >= 4 is 11.8 Å². The Labute approximate surface area is 180 Å². The molecule has 2 aromatic rings. The Bertz CT molecular complexity index is 879. The van der Waals surface area contributed by atoms with Gasteiger partial charge in [0.1, 0.15) is 0 Å². The number of nitrogens with zero attached hydrogens (tertiary/aromatic N) is 3. The lowest BCUT2D eigenvalue weighted by Crippen LogP contribution is -2.54. The van der Waals surface area contributed by atoms with E-state index in [1.165, 1.54) is 0 Å². The molecule has 0 unspecified atom stereocenters. The number of aromatic nitrogens is 1. The monoisotopic (exact) mass is 407 g/mol. The van der Waals surface area contributed by atoms with E-state index in [1.807, 2.05) is 43.4 Å². The van der Waals surface area contributed by atoms with Gasteiger partial charge in [0.15, 0.2) is 0 Å². The fourth-order valence-electron chi connectivity index (χ4n) is 4.48. The molecule has 5 heteroatoms. The van der Waals surface area contributed by atoms with Gasteiger partial charge in [0.2, 0.25) is 11.8 Å². The Kier molecular flexibility index (Phi) is 6.91. The third-order valence-corrected chi connectivity index (χ3v) is 5.84. The zero-order chi connectivity index (χ0) is 21.7. The number of benzene rings is 1. The molecule has 0 bridgehead atoms. The molecule has 1 aliphatic rings. The normalized spacial score (nSPS) is 19.0. The first-order chi connectivity index (χ1) is 14.3. The fraction of sp³-hybridized carbons (Fsp3) is 0.480. The van der Waals surface area contributed by atoms with Gasteiger partial charge >= 0.3 is 0 Å². The second-order valence-corrected chi connectivity index (χ2v) is 9.12. The van der Waals surface area contributed by atoms with Gasteiger partial charge in [-0.15, -0.1) is 0 Å². The van der Waals surface area contributed by atoms with Gasteiger partial charge < -0.3 is 9.80 Å². The van der Waals surface area contributed by atoms with Gasteiger partial charge in [-0.1, -0.05) is 44.2 Å².